The molecular formula is C61H106O22. The van der Waals surface area contributed by atoms with Crippen LogP contribution in [0.3, 0.4) is 0 Å². The molecule has 22 heteroatoms. The van der Waals surface area contributed by atoms with Crippen molar-refractivity contribution in [1.82, 2.24) is 0 Å². The van der Waals surface area contributed by atoms with E-state index in [9.17, 15) is 91.6 Å². The van der Waals surface area contributed by atoms with Gasteiger partial charge in [0.05, 0.1) is 86.0 Å². The van der Waals surface area contributed by atoms with Crippen molar-refractivity contribution in [3.8, 4) is 0 Å². The number of hydrogen-bond donors (Lipinski definition) is 17. The van der Waals surface area contributed by atoms with Crippen molar-refractivity contribution < 1.29 is 111 Å². The highest BCUT2D eigenvalue weighted by Crippen LogP contribution is 2.32. The zero-order chi connectivity index (χ0) is 62.6. The molecule has 0 saturated carbocycles. The van der Waals surface area contributed by atoms with Crippen LogP contribution in [0.2, 0.25) is 0 Å². The molecule has 0 aliphatic carbocycles. The number of ether oxygens (including phenoxy) is 4. The minimum absolute atomic E-state index is 0.148. The average molecular weight is 1190 g/mol. The van der Waals surface area contributed by atoms with Gasteiger partial charge in [-0.05, 0) is 76.7 Å². The molecule has 3 heterocycles. The standard InChI is InChI=1S/C61H106O22/c1-31-14-10-11-18-45(68)36(6)55(74)32(2)15-12-16-34(4)60(79)81-49(39(9)50-22-23-53(72)80-50)19-13-17-40(63)25-41(64)27-46(69)37(7)56(75)38(8)47(70)28-42(65)26-43(66)29-48(71)51(24-35(5)54(73)33(3)20-21-44(31)67)82-61-59(78)58(77)57(76)52(30-62)83-61/h10,13-14,16-17,20-21,24,31-33,36-59,61-78H,11-12,15,18-19,22-23,25-30H2,1-9H3/b14-10+,17-13+,21-20+,34-16+,35-24+/t31-,32-,33-,36-,37-,38-,39-,40+,41-,42-,43-,44-,45-,46+,47-,48+,49-,50+,51-,52+,53?,54+,55+,56-,57+,58-,59-,61-/m0/s1. The van der Waals surface area contributed by atoms with Crippen molar-refractivity contribution in [2.45, 2.75) is 268 Å². The zero-order valence-corrected chi connectivity index (χ0v) is 50.1. The Labute approximate surface area is 490 Å². The number of carbonyl (C=O) groups is 1. The third-order valence-electron chi connectivity index (χ3n) is 17.3. The van der Waals surface area contributed by atoms with E-state index in [1.54, 1.807) is 52.0 Å². The molecule has 28 atom stereocenters. The van der Waals surface area contributed by atoms with Crippen LogP contribution in [-0.2, 0) is 23.7 Å². The first kappa shape index (κ1) is 74.6. The van der Waals surface area contributed by atoms with Crippen LogP contribution < -0.4 is 0 Å². The fraction of sp³-hybridized carbons (Fsp3) is 0.820. The number of hydrogen-bond acceptors (Lipinski definition) is 22. The molecule has 0 radical (unpaired) electrons. The number of carbonyl (C=O) groups excluding carboxylic acids is 1. The Hall–Kier alpha value is -2.63. The van der Waals surface area contributed by atoms with Crippen LogP contribution in [0.4, 0.5) is 0 Å². The number of cyclic esters (lactones) is 1. The number of aliphatic hydroxyl groups is 17. The molecule has 0 amide bonds. The normalized spacial score (nSPS) is 46.5. The highest BCUT2D eigenvalue weighted by atomic mass is 16.7. The second-order valence-corrected chi connectivity index (χ2v) is 24.4. The number of aliphatic hydroxyl groups excluding tert-OH is 17. The third kappa shape index (κ3) is 24.1. The van der Waals surface area contributed by atoms with Crippen molar-refractivity contribution >= 4 is 5.97 Å². The van der Waals surface area contributed by atoms with E-state index in [1.165, 1.54) is 39.0 Å². The molecule has 482 valence electrons. The molecule has 0 spiro atoms. The molecule has 3 rings (SSSR count). The van der Waals surface area contributed by atoms with Crippen molar-refractivity contribution in [1.29, 1.82) is 0 Å². The Morgan fingerprint density at radius 3 is 1.75 bits per heavy atom. The summed E-state index contributed by atoms with van der Waals surface area (Å²) < 4.78 is 23.1. The van der Waals surface area contributed by atoms with Crippen LogP contribution in [0.5, 0.6) is 0 Å². The van der Waals surface area contributed by atoms with Crippen LogP contribution in [0, 0.1) is 41.4 Å². The predicted octanol–water partition coefficient (Wildman–Crippen LogP) is 0.840. The van der Waals surface area contributed by atoms with Gasteiger partial charge in [-0.15, -0.1) is 0 Å². The average Bonchev–Trinajstić information content (AvgIpc) is 4.00. The topological polar surface area (TPSA) is 398 Å². The van der Waals surface area contributed by atoms with Crippen LogP contribution in [0.15, 0.2) is 59.8 Å². The fourth-order valence-electron chi connectivity index (χ4n) is 11.0. The lowest BCUT2D eigenvalue weighted by molar-refractivity contribution is -0.313. The lowest BCUT2D eigenvalue weighted by Gasteiger charge is -2.41. The Morgan fingerprint density at radius 1 is 0.566 bits per heavy atom. The van der Waals surface area contributed by atoms with Crippen molar-refractivity contribution in [3.63, 3.8) is 0 Å². The first-order valence-corrected chi connectivity index (χ1v) is 29.9. The molecule has 2 saturated heterocycles. The molecule has 0 aromatic rings. The summed E-state index contributed by atoms with van der Waals surface area (Å²) in [5.41, 5.74) is 0.559. The van der Waals surface area contributed by atoms with Crippen molar-refractivity contribution in [2.24, 2.45) is 41.4 Å². The maximum Gasteiger partial charge on any atom is 0.333 e. The second-order valence-electron chi connectivity index (χ2n) is 24.4. The lowest BCUT2D eigenvalue weighted by atomic mass is 9.82. The minimum Gasteiger partial charge on any atom is -0.458 e. The molecule has 1 unspecified atom stereocenters. The zero-order valence-electron chi connectivity index (χ0n) is 50.1. The van der Waals surface area contributed by atoms with E-state index in [2.05, 4.69) is 0 Å². The Kier molecular flexibility index (Phi) is 32.9. The Balaban J connectivity index is 1.88. The summed E-state index contributed by atoms with van der Waals surface area (Å²) >= 11 is 0. The number of rotatable bonds is 5. The van der Waals surface area contributed by atoms with Gasteiger partial charge < -0.3 is 106 Å². The molecule has 3 aliphatic heterocycles. The van der Waals surface area contributed by atoms with Crippen LogP contribution in [0.1, 0.15) is 139 Å². The van der Waals surface area contributed by atoms with Crippen LogP contribution >= 0.6 is 0 Å². The van der Waals surface area contributed by atoms with Crippen LogP contribution in [-0.4, -0.2) is 228 Å². The van der Waals surface area contributed by atoms with Crippen molar-refractivity contribution in [2.75, 3.05) is 6.61 Å². The number of esters is 1. The van der Waals surface area contributed by atoms with Gasteiger partial charge in [-0.1, -0.05) is 97.1 Å². The molecule has 2 fully saturated rings. The SMILES string of the molecule is C/C1=C\CC[C@H](C)[C@@H](O)[C@@H](C)[C@@H](O)CC/C=C/[C@H](C)[C@@H](O)/C=C/[C@H](C)[C@@H](O)/C(C)=C/[C@H](O[C@H]2O[C@H](CO)[C@@H](O)[C@H](O)[C@@H]2O)[C@H](O)C[C@@H](O)C[C@H](O)C[C@H](O)[C@H](C)[C@@H](O)[C@@H](C)[C@H](O)C[C@@H](O)C[C@H](O)/C=C/C[C@@H]([C@H](C)[C@H]2CCC(O)O2)OC1=O. The quantitative estimate of drug-likeness (QED) is 0.134. The highest BCUT2D eigenvalue weighted by molar-refractivity contribution is 5.87. The summed E-state index contributed by atoms with van der Waals surface area (Å²) in [7, 11) is 0. The van der Waals surface area contributed by atoms with E-state index in [0.29, 0.717) is 44.1 Å². The maximum absolute atomic E-state index is 13.5. The predicted molar refractivity (Wildman–Crippen MR) is 306 cm³/mol. The smallest absolute Gasteiger partial charge is 0.333 e. The van der Waals surface area contributed by atoms with Gasteiger partial charge in [0.15, 0.2) is 12.6 Å². The van der Waals surface area contributed by atoms with Crippen LogP contribution in [0.25, 0.3) is 0 Å². The monoisotopic (exact) mass is 1190 g/mol. The van der Waals surface area contributed by atoms with Gasteiger partial charge in [0.2, 0.25) is 0 Å². The minimum atomic E-state index is -1.88. The van der Waals surface area contributed by atoms with E-state index in [4.69, 9.17) is 18.9 Å². The largest absolute Gasteiger partial charge is 0.458 e. The maximum atomic E-state index is 13.5. The molecule has 0 aromatic carbocycles. The van der Waals surface area contributed by atoms with Crippen molar-refractivity contribution in [3.05, 3.63) is 59.8 Å². The van der Waals surface area contributed by atoms with E-state index < -0.39 is 184 Å². The van der Waals surface area contributed by atoms with E-state index in [-0.39, 0.29) is 43.1 Å². The summed E-state index contributed by atoms with van der Waals surface area (Å²) in [5, 5.41) is 185. The van der Waals surface area contributed by atoms with Gasteiger partial charge in [0.25, 0.3) is 0 Å². The Bertz CT molecular complexity index is 2000. The summed E-state index contributed by atoms with van der Waals surface area (Å²) in [5.74, 6) is -4.60. The molecule has 0 bridgehead atoms. The van der Waals surface area contributed by atoms with Gasteiger partial charge >= 0.3 is 5.97 Å². The molecule has 0 aromatic heterocycles. The lowest BCUT2D eigenvalue weighted by Crippen LogP contribution is -2.60. The van der Waals surface area contributed by atoms with E-state index in [1.807, 2.05) is 19.9 Å². The molecule has 22 nitrogen and oxygen atoms in total. The van der Waals surface area contributed by atoms with Gasteiger partial charge in [0.1, 0.15) is 36.6 Å². The fourth-order valence-corrected chi connectivity index (χ4v) is 11.0. The summed E-state index contributed by atoms with van der Waals surface area (Å²) in [6.45, 7) is 14.3. The van der Waals surface area contributed by atoms with Gasteiger partial charge in [-0.25, -0.2) is 4.79 Å². The summed E-state index contributed by atoms with van der Waals surface area (Å²) in [4.78, 5) is 13.5. The first-order valence-electron chi connectivity index (χ1n) is 29.9. The Morgan fingerprint density at radius 2 is 1.16 bits per heavy atom. The van der Waals surface area contributed by atoms with Gasteiger partial charge in [-0.3, -0.25) is 0 Å². The van der Waals surface area contributed by atoms with E-state index >= 15 is 0 Å². The molecule has 3 aliphatic rings. The first-order chi connectivity index (χ1) is 38.9. The van der Waals surface area contributed by atoms with Gasteiger partial charge in [-0.2, -0.15) is 0 Å². The molecular weight excluding hydrogens is 1080 g/mol. The number of allylic oxidation sites excluding steroid dienone is 2. The summed E-state index contributed by atoms with van der Waals surface area (Å²) in [6, 6.07) is 0. The summed E-state index contributed by atoms with van der Waals surface area (Å²) in [6.07, 6.45) is -13.3. The second kappa shape index (κ2) is 36.6. The molecule has 17 N–H and O–H groups in total. The van der Waals surface area contributed by atoms with Gasteiger partial charge in [0, 0.05) is 66.8 Å². The molecule has 83 heavy (non-hydrogen) atoms. The third-order valence-corrected chi connectivity index (χ3v) is 17.3. The highest BCUT2D eigenvalue weighted by Gasteiger charge is 2.46. The van der Waals surface area contributed by atoms with E-state index in [0.717, 1.165) is 0 Å².